The third kappa shape index (κ3) is 5.45. The number of methoxy groups -OCH3 is 1. The summed E-state index contributed by atoms with van der Waals surface area (Å²) in [4.78, 5) is 35.4. The number of benzene rings is 1. The van der Waals surface area contributed by atoms with E-state index in [0.717, 1.165) is 0 Å². The van der Waals surface area contributed by atoms with Crippen molar-refractivity contribution < 1.29 is 19.1 Å². The molecule has 7 nitrogen and oxygen atoms in total. The van der Waals surface area contributed by atoms with E-state index in [9.17, 15) is 14.4 Å². The second kappa shape index (κ2) is 8.38. The van der Waals surface area contributed by atoms with Crippen molar-refractivity contribution in [1.29, 1.82) is 0 Å². The standard InChI is InChI=1S/C15H20ClN3O4/c1-8(2)13(17-9(3)20)15(22)19-18-14(21)11-7-10(16)5-6-12(11)23-4/h5-8,13H,1-4H3,(H,17,20)(H,18,21)(H,19,22)/t13-/m1/s1. The van der Waals surface area contributed by atoms with Crippen molar-refractivity contribution in [3.63, 3.8) is 0 Å². The molecule has 1 rings (SSSR count). The van der Waals surface area contributed by atoms with Crippen LogP contribution in [0.15, 0.2) is 18.2 Å². The number of hydrogen-bond donors (Lipinski definition) is 3. The van der Waals surface area contributed by atoms with Gasteiger partial charge in [-0.25, -0.2) is 0 Å². The third-order valence-electron chi connectivity index (χ3n) is 3.01. The van der Waals surface area contributed by atoms with Crippen LogP contribution >= 0.6 is 11.6 Å². The fourth-order valence-electron chi connectivity index (χ4n) is 1.88. The van der Waals surface area contributed by atoms with Gasteiger partial charge in [0, 0.05) is 11.9 Å². The lowest BCUT2D eigenvalue weighted by molar-refractivity contribution is -0.129. The molecule has 0 bridgehead atoms. The van der Waals surface area contributed by atoms with Gasteiger partial charge in [-0.2, -0.15) is 0 Å². The number of halogens is 1. The van der Waals surface area contributed by atoms with E-state index in [1.807, 2.05) is 0 Å². The molecule has 0 fully saturated rings. The molecule has 0 radical (unpaired) electrons. The van der Waals surface area contributed by atoms with Crippen molar-refractivity contribution in [2.75, 3.05) is 7.11 Å². The Hall–Kier alpha value is -2.28. The van der Waals surface area contributed by atoms with E-state index in [1.165, 1.54) is 20.1 Å². The average Bonchev–Trinajstić information content (AvgIpc) is 2.49. The molecule has 8 heteroatoms. The van der Waals surface area contributed by atoms with Gasteiger partial charge < -0.3 is 10.1 Å². The number of nitrogens with one attached hydrogen (secondary N) is 3. The minimum atomic E-state index is -0.756. The summed E-state index contributed by atoms with van der Waals surface area (Å²) >= 11 is 5.86. The van der Waals surface area contributed by atoms with E-state index < -0.39 is 17.9 Å². The van der Waals surface area contributed by atoms with Crippen LogP contribution in [0.4, 0.5) is 0 Å². The number of hydrogen-bond acceptors (Lipinski definition) is 4. The fraction of sp³-hybridized carbons (Fsp3) is 0.400. The van der Waals surface area contributed by atoms with Gasteiger partial charge >= 0.3 is 0 Å². The molecule has 23 heavy (non-hydrogen) atoms. The lowest BCUT2D eigenvalue weighted by atomic mass is 10.0. The Balaban J connectivity index is 2.77. The molecule has 0 spiro atoms. The van der Waals surface area contributed by atoms with Gasteiger partial charge in [0.05, 0.1) is 12.7 Å². The summed E-state index contributed by atoms with van der Waals surface area (Å²) in [5, 5.41) is 2.89. The molecular weight excluding hydrogens is 322 g/mol. The zero-order valence-electron chi connectivity index (χ0n) is 13.4. The van der Waals surface area contributed by atoms with Crippen LogP contribution in [-0.2, 0) is 9.59 Å². The van der Waals surface area contributed by atoms with Gasteiger partial charge in [0.2, 0.25) is 5.91 Å². The molecule has 0 unspecified atom stereocenters. The first kappa shape index (κ1) is 18.8. The second-order valence-electron chi connectivity index (χ2n) is 5.21. The van der Waals surface area contributed by atoms with Crippen LogP contribution in [0.3, 0.4) is 0 Å². The number of ether oxygens (including phenoxy) is 1. The molecule has 0 saturated carbocycles. The topological polar surface area (TPSA) is 96.5 Å². The van der Waals surface area contributed by atoms with E-state index in [0.29, 0.717) is 10.8 Å². The highest BCUT2D eigenvalue weighted by Crippen LogP contribution is 2.22. The normalized spacial score (nSPS) is 11.6. The Morgan fingerprint density at radius 1 is 1.17 bits per heavy atom. The molecule has 0 aliphatic rings. The first-order valence-electron chi connectivity index (χ1n) is 6.97. The highest BCUT2D eigenvalue weighted by atomic mass is 35.5. The largest absolute Gasteiger partial charge is 0.496 e. The summed E-state index contributed by atoms with van der Waals surface area (Å²) in [6, 6.07) is 3.80. The lowest BCUT2D eigenvalue weighted by Crippen LogP contribution is -2.54. The lowest BCUT2D eigenvalue weighted by Gasteiger charge is -2.21. The highest BCUT2D eigenvalue weighted by Gasteiger charge is 2.23. The molecule has 0 saturated heterocycles. The van der Waals surface area contributed by atoms with Crippen molar-refractivity contribution >= 4 is 29.3 Å². The SMILES string of the molecule is COc1ccc(Cl)cc1C(=O)NNC(=O)[C@H](NC(C)=O)C(C)C. The van der Waals surface area contributed by atoms with E-state index in [-0.39, 0.29) is 17.4 Å². The van der Waals surface area contributed by atoms with Gasteiger partial charge in [-0.3, -0.25) is 25.2 Å². The summed E-state index contributed by atoms with van der Waals surface area (Å²) in [6.45, 7) is 4.88. The molecule has 3 amide bonds. The summed E-state index contributed by atoms with van der Waals surface area (Å²) in [5.41, 5.74) is 4.75. The number of amides is 3. The van der Waals surface area contributed by atoms with Crippen LogP contribution in [0.2, 0.25) is 5.02 Å². The van der Waals surface area contributed by atoms with Crippen molar-refractivity contribution in [2.24, 2.45) is 5.92 Å². The first-order chi connectivity index (χ1) is 10.8. The minimum absolute atomic E-state index is 0.142. The molecule has 1 aromatic rings. The Morgan fingerprint density at radius 3 is 2.35 bits per heavy atom. The molecule has 0 heterocycles. The van der Waals surface area contributed by atoms with Gasteiger partial charge in [-0.1, -0.05) is 25.4 Å². The molecule has 0 aromatic heterocycles. The molecule has 1 atom stereocenters. The quantitative estimate of drug-likeness (QED) is 0.703. The van der Waals surface area contributed by atoms with Gasteiger partial charge in [0.25, 0.3) is 11.8 Å². The third-order valence-corrected chi connectivity index (χ3v) is 3.25. The summed E-state index contributed by atoms with van der Waals surface area (Å²) in [6.07, 6.45) is 0. The molecule has 0 aliphatic carbocycles. The Kier molecular flexibility index (Phi) is 6.84. The Morgan fingerprint density at radius 2 is 1.83 bits per heavy atom. The second-order valence-corrected chi connectivity index (χ2v) is 5.65. The van der Waals surface area contributed by atoms with Crippen LogP contribution < -0.4 is 20.9 Å². The zero-order chi connectivity index (χ0) is 17.6. The van der Waals surface area contributed by atoms with Crippen LogP contribution in [0.5, 0.6) is 5.75 Å². The van der Waals surface area contributed by atoms with Crippen molar-refractivity contribution in [1.82, 2.24) is 16.2 Å². The van der Waals surface area contributed by atoms with Gasteiger partial charge in [0.1, 0.15) is 11.8 Å². The highest BCUT2D eigenvalue weighted by molar-refractivity contribution is 6.31. The van der Waals surface area contributed by atoms with Crippen LogP contribution in [0.25, 0.3) is 0 Å². The zero-order valence-corrected chi connectivity index (χ0v) is 14.2. The Bertz CT molecular complexity index is 604. The molecule has 1 aromatic carbocycles. The van der Waals surface area contributed by atoms with Gasteiger partial charge in [-0.05, 0) is 24.1 Å². The van der Waals surface area contributed by atoms with Crippen LogP contribution in [-0.4, -0.2) is 30.9 Å². The molecular formula is C15H20ClN3O4. The number of rotatable bonds is 5. The maximum atomic E-state index is 12.1. The summed E-state index contributed by atoms with van der Waals surface area (Å²) in [7, 11) is 1.42. The summed E-state index contributed by atoms with van der Waals surface area (Å²) in [5.74, 6) is -1.26. The van der Waals surface area contributed by atoms with Crippen molar-refractivity contribution in [2.45, 2.75) is 26.8 Å². The average molecular weight is 342 g/mol. The predicted octanol–water partition coefficient (Wildman–Crippen LogP) is 1.27. The molecule has 0 aliphatic heterocycles. The molecule has 3 N–H and O–H groups in total. The van der Waals surface area contributed by atoms with Gasteiger partial charge in [-0.15, -0.1) is 0 Å². The van der Waals surface area contributed by atoms with E-state index in [1.54, 1.807) is 26.0 Å². The van der Waals surface area contributed by atoms with E-state index >= 15 is 0 Å². The van der Waals surface area contributed by atoms with E-state index in [2.05, 4.69) is 16.2 Å². The first-order valence-corrected chi connectivity index (χ1v) is 7.35. The van der Waals surface area contributed by atoms with Crippen molar-refractivity contribution in [3.8, 4) is 5.75 Å². The number of hydrazine groups is 1. The number of carbonyl (C=O) groups excluding carboxylic acids is 3. The number of carbonyl (C=O) groups is 3. The van der Waals surface area contributed by atoms with Crippen LogP contribution in [0.1, 0.15) is 31.1 Å². The maximum Gasteiger partial charge on any atom is 0.273 e. The minimum Gasteiger partial charge on any atom is -0.496 e. The fourth-order valence-corrected chi connectivity index (χ4v) is 2.05. The molecule has 126 valence electrons. The summed E-state index contributed by atoms with van der Waals surface area (Å²) < 4.78 is 5.08. The van der Waals surface area contributed by atoms with Crippen LogP contribution in [0, 0.1) is 5.92 Å². The smallest absolute Gasteiger partial charge is 0.273 e. The van der Waals surface area contributed by atoms with Crippen molar-refractivity contribution in [3.05, 3.63) is 28.8 Å². The predicted molar refractivity (Wildman–Crippen MR) is 86.1 cm³/mol. The Labute approximate surface area is 139 Å². The maximum absolute atomic E-state index is 12.1. The van der Waals surface area contributed by atoms with Gasteiger partial charge in [0.15, 0.2) is 0 Å². The monoisotopic (exact) mass is 341 g/mol. The van der Waals surface area contributed by atoms with E-state index in [4.69, 9.17) is 16.3 Å².